The third kappa shape index (κ3) is 8.35. The van der Waals surface area contributed by atoms with Crippen molar-refractivity contribution in [1.82, 2.24) is 0 Å². The summed E-state index contributed by atoms with van der Waals surface area (Å²) in [5.41, 5.74) is -0.667. The van der Waals surface area contributed by atoms with Gasteiger partial charge in [-0.2, -0.15) is 0 Å². The summed E-state index contributed by atoms with van der Waals surface area (Å²) in [4.78, 5) is 9.60. The van der Waals surface area contributed by atoms with E-state index in [2.05, 4.69) is 0 Å². The van der Waals surface area contributed by atoms with Gasteiger partial charge in [-0.25, -0.2) is 0 Å². The maximum Gasteiger partial charge on any atom is 0.303 e. The van der Waals surface area contributed by atoms with Crippen LogP contribution in [-0.2, 0) is 4.79 Å². The Morgan fingerprint density at radius 2 is 1.47 bits per heavy atom. The van der Waals surface area contributed by atoms with Crippen molar-refractivity contribution < 1.29 is 25.2 Å². The molecule has 5 heteroatoms. The summed E-state index contributed by atoms with van der Waals surface area (Å²) in [6, 6.07) is 0. The van der Waals surface area contributed by atoms with Crippen molar-refractivity contribution in [3.05, 3.63) is 0 Å². The highest BCUT2D eigenvalue weighted by Crippen LogP contribution is 2.18. The highest BCUT2D eigenvalue weighted by atomic mass is 16.4. The molecular formula is C10H22O5. The van der Waals surface area contributed by atoms with E-state index >= 15 is 0 Å². The molecule has 0 saturated heterocycles. The summed E-state index contributed by atoms with van der Waals surface area (Å²) < 4.78 is 0. The lowest BCUT2D eigenvalue weighted by molar-refractivity contribution is -0.137. The van der Waals surface area contributed by atoms with E-state index in [0.29, 0.717) is 12.8 Å². The molecule has 0 atom stereocenters. The van der Waals surface area contributed by atoms with Crippen LogP contribution in [0.25, 0.3) is 0 Å². The quantitative estimate of drug-likeness (QED) is 0.516. The van der Waals surface area contributed by atoms with E-state index < -0.39 is 11.4 Å². The Hall–Kier alpha value is -0.650. The molecule has 4 N–H and O–H groups in total. The van der Waals surface area contributed by atoms with Gasteiger partial charge in [-0.1, -0.05) is 13.8 Å². The lowest BCUT2D eigenvalue weighted by Gasteiger charge is -2.24. The summed E-state index contributed by atoms with van der Waals surface area (Å²) in [5.74, 6) is -0.711. The molecule has 0 aliphatic carbocycles. The molecule has 0 aromatic rings. The van der Waals surface area contributed by atoms with E-state index in [-0.39, 0.29) is 19.8 Å². The van der Waals surface area contributed by atoms with Gasteiger partial charge >= 0.3 is 5.97 Å². The van der Waals surface area contributed by atoms with Crippen molar-refractivity contribution in [2.24, 2.45) is 5.41 Å². The van der Waals surface area contributed by atoms with Crippen molar-refractivity contribution in [3.63, 3.8) is 0 Å². The lowest BCUT2D eigenvalue weighted by Crippen LogP contribution is -2.32. The zero-order chi connectivity index (χ0) is 12.3. The van der Waals surface area contributed by atoms with Gasteiger partial charge in [0.05, 0.1) is 19.8 Å². The average molecular weight is 222 g/mol. The van der Waals surface area contributed by atoms with E-state index in [9.17, 15) is 4.79 Å². The van der Waals surface area contributed by atoms with Crippen LogP contribution >= 0.6 is 0 Å². The van der Waals surface area contributed by atoms with Crippen molar-refractivity contribution in [3.8, 4) is 0 Å². The van der Waals surface area contributed by atoms with Crippen LogP contribution in [0.2, 0.25) is 0 Å². The number of carboxylic acids is 1. The molecule has 5 nitrogen and oxygen atoms in total. The van der Waals surface area contributed by atoms with Crippen LogP contribution in [0.3, 0.4) is 0 Å². The molecule has 0 aromatic carbocycles. The lowest BCUT2D eigenvalue weighted by atomic mass is 9.88. The number of rotatable bonds is 6. The van der Waals surface area contributed by atoms with Crippen LogP contribution in [0.15, 0.2) is 0 Å². The first-order valence-corrected chi connectivity index (χ1v) is 5.06. The van der Waals surface area contributed by atoms with Crippen molar-refractivity contribution in [2.75, 3.05) is 19.8 Å². The van der Waals surface area contributed by atoms with E-state index in [1.165, 1.54) is 0 Å². The highest BCUT2D eigenvalue weighted by Gasteiger charge is 2.24. The molecule has 0 amide bonds. The van der Waals surface area contributed by atoms with Gasteiger partial charge in [0.2, 0.25) is 0 Å². The number of aliphatic hydroxyl groups is 3. The largest absolute Gasteiger partial charge is 0.481 e. The Bertz CT molecular complexity index is 136. The number of carbonyl (C=O) groups is 1. The number of carboxylic acid groups (broad SMARTS) is 1. The predicted molar refractivity (Wildman–Crippen MR) is 56.5 cm³/mol. The molecule has 92 valence electrons. The third-order valence-corrected chi connectivity index (χ3v) is 2.22. The normalized spacial score (nSPS) is 10.5. The zero-order valence-corrected chi connectivity index (χ0v) is 9.44. The first-order chi connectivity index (χ1) is 7.01. The Labute approximate surface area is 90.4 Å². The molecule has 0 spiro atoms. The van der Waals surface area contributed by atoms with Crippen LogP contribution in [0.5, 0.6) is 0 Å². The minimum absolute atomic E-state index is 0.156. The van der Waals surface area contributed by atoms with Gasteiger partial charge in [0, 0.05) is 11.8 Å². The Morgan fingerprint density at radius 1 is 1.07 bits per heavy atom. The minimum atomic E-state index is -0.711. The van der Waals surface area contributed by atoms with Crippen LogP contribution < -0.4 is 0 Å². The second-order valence-corrected chi connectivity index (χ2v) is 3.47. The molecule has 0 saturated carbocycles. The van der Waals surface area contributed by atoms with Crippen LogP contribution in [-0.4, -0.2) is 46.2 Å². The van der Waals surface area contributed by atoms with Gasteiger partial charge in [0.25, 0.3) is 0 Å². The van der Waals surface area contributed by atoms with E-state index in [1.54, 1.807) is 0 Å². The molecule has 0 unspecified atom stereocenters. The molecule has 15 heavy (non-hydrogen) atoms. The van der Waals surface area contributed by atoms with Gasteiger partial charge < -0.3 is 20.4 Å². The second kappa shape index (κ2) is 9.89. The van der Waals surface area contributed by atoms with E-state index in [1.807, 2.05) is 13.8 Å². The first kappa shape index (κ1) is 16.8. The molecule has 0 aromatic heterocycles. The summed E-state index contributed by atoms with van der Waals surface area (Å²) in [6.45, 7) is 3.19. The molecule has 0 heterocycles. The average Bonchev–Trinajstić information content (AvgIpc) is 2.23. The Kier molecular flexibility index (Phi) is 11.1. The van der Waals surface area contributed by atoms with Gasteiger partial charge in [-0.3, -0.25) is 4.79 Å². The van der Waals surface area contributed by atoms with E-state index in [0.717, 1.165) is 6.42 Å². The molecule has 0 rings (SSSR count). The van der Waals surface area contributed by atoms with Crippen LogP contribution in [0, 0.1) is 5.41 Å². The molecule has 0 radical (unpaired) electrons. The summed E-state index contributed by atoms with van der Waals surface area (Å²) in [5, 5.41) is 33.9. The van der Waals surface area contributed by atoms with Crippen molar-refractivity contribution in [1.29, 1.82) is 0 Å². The Balaban J connectivity index is 0. The van der Waals surface area contributed by atoms with Gasteiger partial charge in [-0.15, -0.1) is 0 Å². The minimum Gasteiger partial charge on any atom is -0.481 e. The van der Waals surface area contributed by atoms with Crippen molar-refractivity contribution in [2.45, 2.75) is 33.1 Å². The molecule has 0 bridgehead atoms. The fourth-order valence-corrected chi connectivity index (χ4v) is 0.699. The molecule has 0 aliphatic heterocycles. The van der Waals surface area contributed by atoms with Gasteiger partial charge in [0.15, 0.2) is 0 Å². The topological polar surface area (TPSA) is 98.0 Å². The zero-order valence-electron chi connectivity index (χ0n) is 9.44. The fraction of sp³-hybridized carbons (Fsp3) is 0.900. The third-order valence-electron chi connectivity index (χ3n) is 2.22. The van der Waals surface area contributed by atoms with Crippen molar-refractivity contribution >= 4 is 5.97 Å². The second-order valence-electron chi connectivity index (χ2n) is 3.47. The Morgan fingerprint density at radius 3 is 1.47 bits per heavy atom. The number of hydrogen-bond acceptors (Lipinski definition) is 4. The predicted octanol–water partition coefficient (Wildman–Crippen LogP) is 0.231. The molecular weight excluding hydrogens is 200 g/mol. The van der Waals surface area contributed by atoms with E-state index in [4.69, 9.17) is 20.4 Å². The first-order valence-electron chi connectivity index (χ1n) is 5.06. The van der Waals surface area contributed by atoms with Gasteiger partial charge in [0.1, 0.15) is 0 Å². The number of aliphatic hydroxyl groups excluding tert-OH is 3. The smallest absolute Gasteiger partial charge is 0.303 e. The van der Waals surface area contributed by atoms with Crippen LogP contribution in [0.1, 0.15) is 33.1 Å². The number of aliphatic carboxylic acids is 1. The summed E-state index contributed by atoms with van der Waals surface area (Å²) in [6.07, 6.45) is 1.62. The van der Waals surface area contributed by atoms with Gasteiger partial charge in [-0.05, 0) is 12.8 Å². The number of hydrogen-bond donors (Lipinski definition) is 4. The highest BCUT2D eigenvalue weighted by molar-refractivity contribution is 5.66. The summed E-state index contributed by atoms with van der Waals surface area (Å²) >= 11 is 0. The molecule has 0 aliphatic rings. The summed E-state index contributed by atoms with van der Waals surface area (Å²) in [7, 11) is 0. The monoisotopic (exact) mass is 222 g/mol. The molecule has 0 fully saturated rings. The maximum absolute atomic E-state index is 9.60. The fourth-order valence-electron chi connectivity index (χ4n) is 0.699. The van der Waals surface area contributed by atoms with Crippen LogP contribution in [0.4, 0.5) is 0 Å². The standard InChI is InChI=1S/C6H14O3.C4H8O2/c1-2-6(3-7,4-8)5-9;1-2-3-4(5)6/h7-9H,2-5H2,1H3;2-3H2,1H3,(H,5,6). The maximum atomic E-state index is 9.60. The SMILES string of the molecule is CCC(CO)(CO)CO.CCCC(=O)O.